The van der Waals surface area contributed by atoms with Gasteiger partial charge >= 0.3 is 0 Å². The Kier molecular flexibility index (Phi) is 15.8. The van der Waals surface area contributed by atoms with Gasteiger partial charge in [0.25, 0.3) is 16.7 Å². The standard InChI is InChI=1S/C22H21N3O2.C21H18FN3O2.C20H16FN3O3/c1-4-15-10-19-17(11-20(15)27-3)22(26)25-21(24-19)9-14-8-16-6-5-13(2)7-18(16)23-12-14;1-3-13-8-18-16(10-19(13)27-2)21(26)25-20(24-18)7-12-6-14-4-5-15(22)9-17(14)23-11-12;1-26-16-8-13-15(9-17(16)27-2)23-18(24-20(13)25)7-11-10-22-14-6-4-3-5-12(14)19(11)21/h5-8,10-12H,4,9H2,1-3H3,(H,24,25,26);4-6,8-11H,3,7H2,1-2H3,(H,24,25,26);3-6,8-10H,7H2,1-2H3,(H,23,24,25). The van der Waals surface area contributed by atoms with Gasteiger partial charge in [0, 0.05) is 71.7 Å². The number of aromatic nitrogens is 9. The number of nitrogens with one attached hydrogen (secondary N) is 3. The Morgan fingerprint density at radius 1 is 0.432 bits per heavy atom. The number of hydrogen-bond acceptors (Lipinski definition) is 13. The van der Waals surface area contributed by atoms with Crippen LogP contribution in [-0.2, 0) is 32.1 Å². The van der Waals surface area contributed by atoms with E-state index < -0.39 is 0 Å². The summed E-state index contributed by atoms with van der Waals surface area (Å²) in [5, 5.41) is 3.77. The van der Waals surface area contributed by atoms with Crippen LogP contribution in [0.3, 0.4) is 0 Å². The topological polar surface area (TPSA) is 213 Å². The summed E-state index contributed by atoms with van der Waals surface area (Å²) < 4.78 is 49.3. The monoisotopic (exact) mass is 1090 g/mol. The molecule has 0 aliphatic rings. The second-order valence-electron chi connectivity index (χ2n) is 19.2. The van der Waals surface area contributed by atoms with Crippen LogP contribution in [0.25, 0.3) is 65.4 Å². The van der Waals surface area contributed by atoms with Crippen LogP contribution in [-0.4, -0.2) is 73.3 Å². The number of hydrogen-bond donors (Lipinski definition) is 3. The molecule has 0 atom stereocenters. The van der Waals surface area contributed by atoms with Crippen LogP contribution in [0.1, 0.15) is 64.7 Å². The number of aromatic amines is 3. The van der Waals surface area contributed by atoms with E-state index in [-0.39, 0.29) is 34.7 Å². The number of ether oxygens (including phenoxy) is 4. The van der Waals surface area contributed by atoms with Crippen LogP contribution >= 0.6 is 0 Å². The average molecular weight is 1090 g/mol. The molecule has 18 heteroatoms. The van der Waals surface area contributed by atoms with E-state index in [4.69, 9.17) is 18.9 Å². The summed E-state index contributed by atoms with van der Waals surface area (Å²) in [6.45, 7) is 6.14. The van der Waals surface area contributed by atoms with E-state index in [9.17, 15) is 23.2 Å². The fourth-order valence-corrected chi connectivity index (χ4v) is 9.66. The molecule has 0 amide bonds. The number of nitrogens with zero attached hydrogens (tertiary/aromatic N) is 6. The quantitative estimate of drug-likeness (QED) is 0.104. The van der Waals surface area contributed by atoms with Gasteiger partial charge in [0.2, 0.25) is 0 Å². The first-order chi connectivity index (χ1) is 39.2. The highest BCUT2D eigenvalue weighted by molar-refractivity contribution is 5.84. The Morgan fingerprint density at radius 2 is 0.889 bits per heavy atom. The fraction of sp³-hybridized carbons (Fsp3) is 0.190. The lowest BCUT2D eigenvalue weighted by Crippen LogP contribution is -2.13. The number of halogens is 2. The Morgan fingerprint density at radius 3 is 1.42 bits per heavy atom. The molecule has 16 nitrogen and oxygen atoms in total. The molecule has 12 aromatic rings. The van der Waals surface area contributed by atoms with Gasteiger partial charge in [-0.3, -0.25) is 29.3 Å². The molecule has 0 fully saturated rings. The first kappa shape index (κ1) is 54.4. The predicted molar refractivity (Wildman–Crippen MR) is 310 cm³/mol. The second kappa shape index (κ2) is 23.6. The van der Waals surface area contributed by atoms with Crippen molar-refractivity contribution < 1.29 is 27.7 Å². The van der Waals surface area contributed by atoms with Crippen molar-refractivity contribution >= 4 is 65.4 Å². The van der Waals surface area contributed by atoms with Crippen molar-refractivity contribution in [3.05, 3.63) is 221 Å². The molecule has 12 rings (SSSR count). The minimum Gasteiger partial charge on any atom is -0.496 e. The summed E-state index contributed by atoms with van der Waals surface area (Å²) in [4.78, 5) is 72.8. The molecule has 6 aromatic carbocycles. The summed E-state index contributed by atoms with van der Waals surface area (Å²) >= 11 is 0. The van der Waals surface area contributed by atoms with Crippen molar-refractivity contribution in [3.8, 4) is 23.0 Å². The molecular formula is C63H55F2N9O7. The Bertz CT molecular complexity index is 4370. The SMILES string of the molecule is CCc1cc2nc(Cc3cnc4cc(C)ccc4c3)[nH]c(=O)c2cc1OC.CCc1cc2nc(Cc3cnc4cc(F)ccc4c3)[nH]c(=O)c2cc1OC.COc1cc2nc(Cc3cnc4ccccc4c3F)[nH]c(=O)c2cc1OC. The molecule has 81 heavy (non-hydrogen) atoms. The average Bonchev–Trinajstić information content (AvgIpc) is 3.61. The highest BCUT2D eigenvalue weighted by Crippen LogP contribution is 2.31. The summed E-state index contributed by atoms with van der Waals surface area (Å²) in [6.07, 6.45) is 7.66. The van der Waals surface area contributed by atoms with Gasteiger partial charge in [-0.25, -0.2) is 23.7 Å². The van der Waals surface area contributed by atoms with Crippen molar-refractivity contribution in [1.82, 2.24) is 44.9 Å². The van der Waals surface area contributed by atoms with Crippen LogP contribution in [0.15, 0.2) is 142 Å². The Balaban J connectivity index is 0.000000136. The van der Waals surface area contributed by atoms with Crippen molar-refractivity contribution in [2.45, 2.75) is 52.9 Å². The van der Waals surface area contributed by atoms with E-state index in [1.54, 1.807) is 75.0 Å². The highest BCUT2D eigenvalue weighted by atomic mass is 19.1. The fourth-order valence-electron chi connectivity index (χ4n) is 9.66. The smallest absolute Gasteiger partial charge is 0.258 e. The van der Waals surface area contributed by atoms with Gasteiger partial charge in [0.05, 0.1) is 77.7 Å². The predicted octanol–water partition coefficient (Wildman–Crippen LogP) is 10.9. The number of para-hydroxylation sites is 1. The maximum absolute atomic E-state index is 14.8. The van der Waals surface area contributed by atoms with Crippen LogP contribution in [0.5, 0.6) is 23.0 Å². The van der Waals surface area contributed by atoms with E-state index in [0.29, 0.717) is 102 Å². The van der Waals surface area contributed by atoms with E-state index in [1.165, 1.54) is 38.1 Å². The molecule has 0 saturated heterocycles. The molecule has 0 spiro atoms. The molecule has 3 N–H and O–H groups in total. The summed E-state index contributed by atoms with van der Waals surface area (Å²) in [5.74, 6) is 3.17. The van der Waals surface area contributed by atoms with E-state index in [1.807, 2.05) is 31.3 Å². The zero-order valence-electron chi connectivity index (χ0n) is 45.5. The van der Waals surface area contributed by atoms with Crippen LogP contribution in [0, 0.1) is 18.6 Å². The molecule has 0 saturated carbocycles. The first-order valence-corrected chi connectivity index (χ1v) is 26.0. The van der Waals surface area contributed by atoms with Gasteiger partial charge in [-0.2, -0.15) is 0 Å². The van der Waals surface area contributed by atoms with Crippen molar-refractivity contribution in [2.24, 2.45) is 0 Å². The van der Waals surface area contributed by atoms with Gasteiger partial charge in [0.15, 0.2) is 11.5 Å². The number of H-pyrrole nitrogens is 3. The van der Waals surface area contributed by atoms with Gasteiger partial charge in [0.1, 0.15) is 40.6 Å². The van der Waals surface area contributed by atoms with Gasteiger partial charge in [-0.05, 0) is 120 Å². The number of aryl methyl sites for hydroxylation is 3. The maximum atomic E-state index is 14.8. The summed E-state index contributed by atoms with van der Waals surface area (Å²) in [7, 11) is 6.21. The third-order valence-electron chi connectivity index (χ3n) is 13.8. The van der Waals surface area contributed by atoms with E-state index >= 15 is 0 Å². The third-order valence-corrected chi connectivity index (χ3v) is 13.8. The van der Waals surface area contributed by atoms with E-state index in [2.05, 4.69) is 83.0 Å². The molecule has 6 aromatic heterocycles. The molecule has 0 bridgehead atoms. The first-order valence-electron chi connectivity index (χ1n) is 26.0. The van der Waals surface area contributed by atoms with Gasteiger partial charge in [-0.1, -0.05) is 38.1 Å². The van der Waals surface area contributed by atoms with E-state index in [0.717, 1.165) is 57.1 Å². The molecule has 6 heterocycles. The van der Waals surface area contributed by atoms with Crippen LogP contribution in [0.2, 0.25) is 0 Å². The minimum absolute atomic E-state index is 0.114. The Hall–Kier alpha value is -9.97. The largest absolute Gasteiger partial charge is 0.496 e. The normalized spacial score (nSPS) is 11.2. The van der Waals surface area contributed by atoms with Crippen molar-refractivity contribution in [1.29, 1.82) is 0 Å². The number of rotatable bonds is 12. The molecule has 0 unspecified atom stereocenters. The van der Waals surface area contributed by atoms with Gasteiger partial charge in [-0.15, -0.1) is 0 Å². The number of pyridine rings is 3. The van der Waals surface area contributed by atoms with Crippen molar-refractivity contribution in [2.75, 3.05) is 28.4 Å². The van der Waals surface area contributed by atoms with Crippen molar-refractivity contribution in [3.63, 3.8) is 0 Å². The number of methoxy groups -OCH3 is 4. The minimum atomic E-state index is -0.365. The Labute approximate surface area is 461 Å². The summed E-state index contributed by atoms with van der Waals surface area (Å²) in [6, 6.07) is 32.2. The van der Waals surface area contributed by atoms with Crippen LogP contribution in [0.4, 0.5) is 8.78 Å². The molecule has 0 radical (unpaired) electrons. The molecular weight excluding hydrogens is 1030 g/mol. The zero-order chi connectivity index (χ0) is 56.9. The number of benzene rings is 6. The third kappa shape index (κ3) is 11.8. The second-order valence-corrected chi connectivity index (χ2v) is 19.2. The lowest BCUT2D eigenvalue weighted by molar-refractivity contribution is 0.355. The van der Waals surface area contributed by atoms with Gasteiger partial charge < -0.3 is 33.9 Å². The van der Waals surface area contributed by atoms with Crippen LogP contribution < -0.4 is 35.6 Å². The lowest BCUT2D eigenvalue weighted by atomic mass is 10.1. The number of fused-ring (bicyclic) bond motifs is 6. The molecule has 408 valence electrons. The maximum Gasteiger partial charge on any atom is 0.258 e. The molecule has 0 aliphatic heterocycles. The zero-order valence-corrected chi connectivity index (χ0v) is 45.5. The summed E-state index contributed by atoms with van der Waals surface area (Å²) in [5.41, 5.74) is 8.73. The lowest BCUT2D eigenvalue weighted by Gasteiger charge is -2.10. The highest BCUT2D eigenvalue weighted by Gasteiger charge is 2.16. The molecule has 0 aliphatic carbocycles.